The van der Waals surface area contributed by atoms with Crippen LogP contribution in [0.1, 0.15) is 18.2 Å². The van der Waals surface area contributed by atoms with E-state index in [0.717, 1.165) is 26.6 Å². The average Bonchev–Trinajstić information content (AvgIpc) is 3.12. The van der Waals surface area contributed by atoms with Crippen LogP contribution in [0.25, 0.3) is 21.3 Å². The van der Waals surface area contributed by atoms with Crippen molar-refractivity contribution in [3.05, 3.63) is 76.2 Å². The van der Waals surface area contributed by atoms with Crippen LogP contribution in [-0.2, 0) is 11.3 Å². The molecule has 4 aromatic rings. The number of hydrogen-bond acceptors (Lipinski definition) is 5. The molecule has 2 aromatic carbocycles. The van der Waals surface area contributed by atoms with Crippen molar-refractivity contribution in [2.45, 2.75) is 26.8 Å². The Morgan fingerprint density at radius 3 is 2.58 bits per heavy atom. The maximum atomic E-state index is 13.2. The number of benzene rings is 2. The van der Waals surface area contributed by atoms with Crippen LogP contribution in [0.3, 0.4) is 0 Å². The van der Waals surface area contributed by atoms with E-state index in [1.54, 1.807) is 12.1 Å². The van der Waals surface area contributed by atoms with E-state index in [-0.39, 0.29) is 24.4 Å². The maximum absolute atomic E-state index is 13.2. The van der Waals surface area contributed by atoms with Crippen molar-refractivity contribution < 1.29 is 9.53 Å². The molecule has 1 amide bonds. The summed E-state index contributed by atoms with van der Waals surface area (Å²) in [6.45, 7) is 4.77. The average molecular weight is 434 g/mol. The van der Waals surface area contributed by atoms with Gasteiger partial charge in [0.15, 0.2) is 0 Å². The second kappa shape index (κ2) is 9.14. The Labute approximate surface area is 184 Å². The Balaban J connectivity index is 1.52. The molecule has 0 radical (unpaired) electrons. The first-order chi connectivity index (χ1) is 15.1. The van der Waals surface area contributed by atoms with Crippen LogP contribution in [-0.4, -0.2) is 22.1 Å². The summed E-state index contributed by atoms with van der Waals surface area (Å²) >= 11 is 1.51. The second-order valence-corrected chi connectivity index (χ2v) is 8.28. The zero-order chi connectivity index (χ0) is 21.8. The maximum Gasteiger partial charge on any atom is 0.262 e. The summed E-state index contributed by atoms with van der Waals surface area (Å²) in [6.07, 6.45) is 1.70. The van der Waals surface area contributed by atoms with Crippen molar-refractivity contribution in [1.82, 2.24) is 9.55 Å². The Morgan fingerprint density at radius 2 is 1.87 bits per heavy atom. The first kappa shape index (κ1) is 20.8. The van der Waals surface area contributed by atoms with Crippen molar-refractivity contribution in [1.29, 1.82) is 0 Å². The van der Waals surface area contributed by atoms with Gasteiger partial charge in [-0.1, -0.05) is 30.3 Å². The number of nitrogens with zero attached hydrogens (tertiary/aromatic N) is 2. The van der Waals surface area contributed by atoms with Gasteiger partial charge >= 0.3 is 0 Å². The molecule has 0 spiro atoms. The normalized spacial score (nSPS) is 10.9. The Morgan fingerprint density at radius 1 is 1.13 bits per heavy atom. The minimum absolute atomic E-state index is 0.123. The van der Waals surface area contributed by atoms with Crippen LogP contribution in [0.4, 0.5) is 5.69 Å². The topological polar surface area (TPSA) is 73.2 Å². The number of aromatic nitrogens is 2. The number of hydrogen-bond donors (Lipinski definition) is 1. The van der Waals surface area contributed by atoms with Gasteiger partial charge in [0.05, 0.1) is 18.3 Å². The first-order valence-electron chi connectivity index (χ1n) is 10.1. The standard InChI is InChI=1S/C24H23N3O3S/c1-3-30-19-11-9-18(10-12-19)26-20(28)13-14-27-15-25-23-22(24(27)29)21(16(2)31-23)17-7-5-4-6-8-17/h4-12,15H,3,13-14H2,1-2H3,(H,26,28). The Kier molecular flexibility index (Phi) is 6.13. The van der Waals surface area contributed by atoms with Crippen LogP contribution in [0.15, 0.2) is 65.7 Å². The molecule has 2 heterocycles. The number of anilines is 1. The third-order valence-electron chi connectivity index (χ3n) is 4.95. The lowest BCUT2D eigenvalue weighted by molar-refractivity contribution is -0.116. The molecular formula is C24H23N3O3S. The smallest absolute Gasteiger partial charge is 0.262 e. The quantitative estimate of drug-likeness (QED) is 0.452. The number of fused-ring (bicyclic) bond motifs is 1. The van der Waals surface area contributed by atoms with E-state index in [9.17, 15) is 9.59 Å². The van der Waals surface area contributed by atoms with Gasteiger partial charge in [0.2, 0.25) is 5.91 Å². The molecule has 31 heavy (non-hydrogen) atoms. The molecule has 0 saturated carbocycles. The minimum atomic E-state index is -0.166. The third-order valence-corrected chi connectivity index (χ3v) is 5.96. The number of ether oxygens (including phenoxy) is 1. The molecule has 0 fully saturated rings. The lowest BCUT2D eigenvalue weighted by atomic mass is 10.0. The van der Waals surface area contributed by atoms with Crippen LogP contribution in [0.5, 0.6) is 5.75 Å². The highest BCUT2D eigenvalue weighted by Crippen LogP contribution is 2.35. The van der Waals surface area contributed by atoms with E-state index >= 15 is 0 Å². The van der Waals surface area contributed by atoms with Crippen molar-refractivity contribution in [3.8, 4) is 16.9 Å². The van der Waals surface area contributed by atoms with Gasteiger partial charge in [-0.25, -0.2) is 4.98 Å². The van der Waals surface area contributed by atoms with E-state index in [2.05, 4.69) is 10.3 Å². The van der Waals surface area contributed by atoms with Crippen LogP contribution >= 0.6 is 11.3 Å². The highest BCUT2D eigenvalue weighted by atomic mass is 32.1. The van der Waals surface area contributed by atoms with Gasteiger partial charge in [-0.15, -0.1) is 11.3 Å². The van der Waals surface area contributed by atoms with E-state index in [1.807, 2.05) is 56.3 Å². The van der Waals surface area contributed by atoms with Crippen LogP contribution < -0.4 is 15.6 Å². The van der Waals surface area contributed by atoms with Crippen molar-refractivity contribution in [2.24, 2.45) is 0 Å². The predicted octanol–water partition coefficient (Wildman–Crippen LogP) is 4.86. The van der Waals surface area contributed by atoms with Gasteiger partial charge in [-0.2, -0.15) is 0 Å². The van der Waals surface area contributed by atoms with Gasteiger partial charge in [0.1, 0.15) is 10.6 Å². The lowest BCUT2D eigenvalue weighted by Crippen LogP contribution is -2.23. The summed E-state index contributed by atoms with van der Waals surface area (Å²) in [6, 6.07) is 17.1. The summed E-state index contributed by atoms with van der Waals surface area (Å²) in [5.41, 5.74) is 2.48. The fourth-order valence-corrected chi connectivity index (χ4v) is 4.50. The second-order valence-electron chi connectivity index (χ2n) is 7.08. The summed E-state index contributed by atoms with van der Waals surface area (Å²) in [4.78, 5) is 31.8. The van der Waals surface area contributed by atoms with Gasteiger partial charge in [0.25, 0.3) is 5.56 Å². The number of amides is 1. The molecule has 7 heteroatoms. The number of carbonyl (C=O) groups excluding carboxylic acids is 1. The third kappa shape index (κ3) is 4.51. The SMILES string of the molecule is CCOc1ccc(NC(=O)CCn2cnc3sc(C)c(-c4ccccc4)c3c2=O)cc1. The highest BCUT2D eigenvalue weighted by Gasteiger charge is 2.17. The number of rotatable bonds is 7. The van der Waals surface area contributed by atoms with Crippen LogP contribution in [0.2, 0.25) is 0 Å². The molecule has 158 valence electrons. The molecule has 1 N–H and O–H groups in total. The van der Waals surface area contributed by atoms with Crippen molar-refractivity contribution in [3.63, 3.8) is 0 Å². The van der Waals surface area contributed by atoms with E-state index < -0.39 is 0 Å². The van der Waals surface area contributed by atoms with Gasteiger partial charge in [-0.3, -0.25) is 14.2 Å². The fraction of sp³-hybridized carbons (Fsp3) is 0.208. The Bertz CT molecular complexity index is 1260. The molecule has 0 saturated heterocycles. The number of aryl methyl sites for hydroxylation is 2. The Hall–Kier alpha value is -3.45. The number of thiophene rings is 1. The van der Waals surface area contributed by atoms with E-state index in [0.29, 0.717) is 17.7 Å². The molecule has 0 unspecified atom stereocenters. The predicted molar refractivity (Wildman–Crippen MR) is 125 cm³/mol. The molecule has 0 aliphatic heterocycles. The monoisotopic (exact) mass is 433 g/mol. The fourth-order valence-electron chi connectivity index (χ4n) is 3.50. The lowest BCUT2D eigenvalue weighted by Gasteiger charge is -2.09. The molecule has 0 bridgehead atoms. The molecule has 0 aliphatic carbocycles. The van der Waals surface area contributed by atoms with Gasteiger partial charge in [0, 0.05) is 29.1 Å². The molecule has 6 nitrogen and oxygen atoms in total. The van der Waals surface area contributed by atoms with Crippen molar-refractivity contribution in [2.75, 3.05) is 11.9 Å². The van der Waals surface area contributed by atoms with Crippen molar-refractivity contribution >= 4 is 33.1 Å². The summed E-state index contributed by atoms with van der Waals surface area (Å²) in [5, 5.41) is 3.47. The number of carbonyl (C=O) groups is 1. The molecule has 4 rings (SSSR count). The van der Waals surface area contributed by atoms with E-state index in [1.165, 1.54) is 22.2 Å². The summed E-state index contributed by atoms with van der Waals surface area (Å²) in [5.74, 6) is 0.590. The first-order valence-corrected chi connectivity index (χ1v) is 10.9. The molecule has 2 aromatic heterocycles. The van der Waals surface area contributed by atoms with Gasteiger partial charge < -0.3 is 10.1 Å². The zero-order valence-electron chi connectivity index (χ0n) is 17.4. The summed E-state index contributed by atoms with van der Waals surface area (Å²) < 4.78 is 6.92. The molecular weight excluding hydrogens is 410 g/mol. The largest absolute Gasteiger partial charge is 0.494 e. The van der Waals surface area contributed by atoms with E-state index in [4.69, 9.17) is 4.74 Å². The highest BCUT2D eigenvalue weighted by molar-refractivity contribution is 7.19. The van der Waals surface area contributed by atoms with Gasteiger partial charge in [-0.05, 0) is 43.7 Å². The molecule has 0 atom stereocenters. The zero-order valence-corrected chi connectivity index (χ0v) is 18.2. The minimum Gasteiger partial charge on any atom is -0.494 e. The molecule has 0 aliphatic rings. The van der Waals surface area contributed by atoms with Crippen LogP contribution in [0, 0.1) is 6.92 Å². The summed E-state index contributed by atoms with van der Waals surface area (Å²) in [7, 11) is 0. The number of nitrogens with one attached hydrogen (secondary N) is 1.